The van der Waals surface area contributed by atoms with Crippen molar-refractivity contribution in [2.75, 3.05) is 6.54 Å². The fraction of sp³-hybridized carbons (Fsp3) is 0.375. The van der Waals surface area contributed by atoms with Crippen LogP contribution in [0.4, 0.5) is 0 Å². The third-order valence-corrected chi connectivity index (χ3v) is 4.44. The summed E-state index contributed by atoms with van der Waals surface area (Å²) >= 11 is 6.34. The molecule has 21 heavy (non-hydrogen) atoms. The van der Waals surface area contributed by atoms with Gasteiger partial charge in [0.1, 0.15) is 6.04 Å². The van der Waals surface area contributed by atoms with Crippen LogP contribution in [0.3, 0.4) is 0 Å². The van der Waals surface area contributed by atoms with Crippen LogP contribution in [0.15, 0.2) is 30.5 Å². The Morgan fingerprint density at radius 3 is 3.05 bits per heavy atom. The van der Waals surface area contributed by atoms with E-state index in [0.29, 0.717) is 18.0 Å². The lowest BCUT2D eigenvalue weighted by Gasteiger charge is -2.33. The number of nitrogens with zero attached hydrogens (tertiary/aromatic N) is 2. The van der Waals surface area contributed by atoms with E-state index >= 15 is 0 Å². The molecule has 1 fully saturated rings. The van der Waals surface area contributed by atoms with Crippen molar-refractivity contribution in [1.82, 2.24) is 9.88 Å². The summed E-state index contributed by atoms with van der Waals surface area (Å²) in [6.45, 7) is 1.32. The normalized spacial score (nSPS) is 19.8. The van der Waals surface area contributed by atoms with E-state index < -0.39 is 12.0 Å². The van der Waals surface area contributed by atoms with Gasteiger partial charge in [0.2, 0.25) is 0 Å². The first kappa shape index (κ1) is 14.3. The molecular weight excluding hydrogens is 288 g/mol. The van der Waals surface area contributed by atoms with Gasteiger partial charge >= 0.3 is 5.97 Å². The van der Waals surface area contributed by atoms with Gasteiger partial charge in [0.15, 0.2) is 0 Å². The second-order valence-electron chi connectivity index (χ2n) is 5.42. The number of benzene rings is 1. The standard InChI is InChI=1S/C16H17ClN2O2/c17-13-7-6-11-4-3-8-18-15(11)12(13)10-19-9-2-1-5-14(19)16(20)21/h3-4,6-8,14H,1-2,5,9-10H2,(H,20,21). The summed E-state index contributed by atoms with van der Waals surface area (Å²) < 4.78 is 0. The highest BCUT2D eigenvalue weighted by atomic mass is 35.5. The molecule has 0 radical (unpaired) electrons. The summed E-state index contributed by atoms with van der Waals surface area (Å²) in [7, 11) is 0. The minimum absolute atomic E-state index is 0.422. The Balaban J connectivity index is 1.97. The zero-order chi connectivity index (χ0) is 14.8. The van der Waals surface area contributed by atoms with E-state index in [-0.39, 0.29) is 0 Å². The van der Waals surface area contributed by atoms with Crippen molar-refractivity contribution in [3.63, 3.8) is 0 Å². The van der Waals surface area contributed by atoms with Crippen molar-refractivity contribution in [3.8, 4) is 0 Å². The summed E-state index contributed by atoms with van der Waals surface area (Å²) in [6, 6.07) is 7.27. The Morgan fingerprint density at radius 2 is 2.24 bits per heavy atom. The molecule has 1 aromatic carbocycles. The van der Waals surface area contributed by atoms with Crippen LogP contribution in [-0.2, 0) is 11.3 Å². The maximum atomic E-state index is 11.4. The molecule has 1 aromatic heterocycles. The van der Waals surface area contributed by atoms with Gasteiger partial charge in [-0.25, -0.2) is 0 Å². The molecule has 1 aliphatic heterocycles. The Labute approximate surface area is 128 Å². The Morgan fingerprint density at radius 1 is 1.38 bits per heavy atom. The van der Waals surface area contributed by atoms with Crippen LogP contribution >= 0.6 is 11.6 Å². The predicted octanol–water partition coefficient (Wildman–Crippen LogP) is 3.33. The molecule has 5 heteroatoms. The summed E-state index contributed by atoms with van der Waals surface area (Å²) in [5.74, 6) is -0.751. The second kappa shape index (κ2) is 6.00. The first-order valence-corrected chi connectivity index (χ1v) is 7.53. The number of carboxylic acid groups (broad SMARTS) is 1. The number of likely N-dealkylation sites (tertiary alicyclic amines) is 1. The van der Waals surface area contributed by atoms with E-state index in [2.05, 4.69) is 4.98 Å². The molecule has 0 saturated carbocycles. The molecule has 1 N–H and O–H groups in total. The lowest BCUT2D eigenvalue weighted by molar-refractivity contribution is -0.144. The van der Waals surface area contributed by atoms with Gasteiger partial charge in [-0.05, 0) is 31.5 Å². The summed E-state index contributed by atoms with van der Waals surface area (Å²) in [5, 5.41) is 11.1. The molecule has 1 aliphatic rings. The van der Waals surface area contributed by atoms with Crippen LogP contribution in [0.5, 0.6) is 0 Å². The van der Waals surface area contributed by atoms with Crippen molar-refractivity contribution < 1.29 is 9.90 Å². The number of pyridine rings is 1. The lowest BCUT2D eigenvalue weighted by atomic mass is 10.0. The van der Waals surface area contributed by atoms with Gasteiger partial charge in [-0.1, -0.05) is 30.2 Å². The smallest absolute Gasteiger partial charge is 0.320 e. The highest BCUT2D eigenvalue weighted by Crippen LogP contribution is 2.28. The zero-order valence-corrected chi connectivity index (χ0v) is 12.4. The highest BCUT2D eigenvalue weighted by Gasteiger charge is 2.29. The third kappa shape index (κ3) is 2.87. The van der Waals surface area contributed by atoms with Crippen LogP contribution < -0.4 is 0 Å². The summed E-state index contributed by atoms with van der Waals surface area (Å²) in [5.41, 5.74) is 1.78. The molecule has 1 atom stereocenters. The van der Waals surface area contributed by atoms with Crippen LogP contribution in [0, 0.1) is 0 Å². The fourth-order valence-corrected chi connectivity index (χ4v) is 3.21. The first-order valence-electron chi connectivity index (χ1n) is 7.16. The molecular formula is C16H17ClN2O2. The molecule has 2 aromatic rings. The number of aliphatic carboxylic acids is 1. The van der Waals surface area contributed by atoms with Gasteiger partial charge in [-0.2, -0.15) is 0 Å². The molecule has 0 aliphatic carbocycles. The van der Waals surface area contributed by atoms with Crippen LogP contribution in [0.1, 0.15) is 24.8 Å². The SMILES string of the molecule is O=C(O)C1CCCCN1Cc1c(Cl)ccc2cccnc12. The summed E-state index contributed by atoms with van der Waals surface area (Å²) in [6.07, 6.45) is 4.44. The van der Waals surface area contributed by atoms with Crippen molar-refractivity contribution in [1.29, 1.82) is 0 Å². The molecule has 2 heterocycles. The zero-order valence-electron chi connectivity index (χ0n) is 11.6. The number of carbonyl (C=O) groups is 1. The topological polar surface area (TPSA) is 53.4 Å². The predicted molar refractivity (Wildman–Crippen MR) is 82.4 cm³/mol. The number of fused-ring (bicyclic) bond motifs is 1. The van der Waals surface area contributed by atoms with Crippen molar-refractivity contribution in [2.45, 2.75) is 31.8 Å². The number of halogens is 1. The van der Waals surface area contributed by atoms with Crippen molar-refractivity contribution in [2.24, 2.45) is 0 Å². The Bertz CT molecular complexity index is 674. The average Bonchev–Trinajstić information content (AvgIpc) is 2.50. The number of hydrogen-bond donors (Lipinski definition) is 1. The molecule has 1 unspecified atom stereocenters. The van der Waals surface area contributed by atoms with Gasteiger partial charge in [0.25, 0.3) is 0 Å². The molecule has 1 saturated heterocycles. The van der Waals surface area contributed by atoms with Crippen molar-refractivity contribution >= 4 is 28.5 Å². The van der Waals surface area contributed by atoms with Gasteiger partial charge in [0, 0.05) is 28.7 Å². The summed E-state index contributed by atoms with van der Waals surface area (Å²) in [4.78, 5) is 17.8. The number of aromatic nitrogens is 1. The monoisotopic (exact) mass is 304 g/mol. The van der Waals surface area contributed by atoms with Gasteiger partial charge in [-0.15, -0.1) is 0 Å². The van der Waals surface area contributed by atoms with E-state index in [1.165, 1.54) is 0 Å². The van der Waals surface area contributed by atoms with Gasteiger partial charge < -0.3 is 5.11 Å². The minimum atomic E-state index is -0.751. The molecule has 4 nitrogen and oxygen atoms in total. The second-order valence-corrected chi connectivity index (χ2v) is 5.83. The largest absolute Gasteiger partial charge is 0.480 e. The van der Waals surface area contributed by atoms with E-state index in [9.17, 15) is 9.90 Å². The number of hydrogen-bond acceptors (Lipinski definition) is 3. The molecule has 3 rings (SSSR count). The average molecular weight is 305 g/mol. The quantitative estimate of drug-likeness (QED) is 0.945. The van der Waals surface area contributed by atoms with Crippen molar-refractivity contribution in [3.05, 3.63) is 41.0 Å². The lowest BCUT2D eigenvalue weighted by Crippen LogP contribution is -2.44. The van der Waals surface area contributed by atoms with Crippen LogP contribution in [-0.4, -0.2) is 33.5 Å². The van der Waals surface area contributed by atoms with E-state index in [1.807, 2.05) is 29.2 Å². The Hall–Kier alpha value is -1.65. The van der Waals surface area contributed by atoms with Crippen LogP contribution in [0.2, 0.25) is 5.02 Å². The molecule has 0 bridgehead atoms. The maximum Gasteiger partial charge on any atom is 0.320 e. The van der Waals surface area contributed by atoms with Gasteiger partial charge in [0.05, 0.1) is 5.52 Å². The van der Waals surface area contributed by atoms with Gasteiger partial charge in [-0.3, -0.25) is 14.7 Å². The molecule has 0 spiro atoms. The first-order chi connectivity index (χ1) is 10.2. The highest BCUT2D eigenvalue weighted by molar-refractivity contribution is 6.32. The number of rotatable bonds is 3. The van der Waals surface area contributed by atoms with E-state index in [0.717, 1.165) is 35.9 Å². The third-order valence-electron chi connectivity index (χ3n) is 4.08. The maximum absolute atomic E-state index is 11.4. The number of carboxylic acids is 1. The number of piperidine rings is 1. The molecule has 0 amide bonds. The van der Waals surface area contributed by atoms with Crippen LogP contribution in [0.25, 0.3) is 10.9 Å². The Kier molecular flexibility index (Phi) is 4.08. The van der Waals surface area contributed by atoms with E-state index in [1.54, 1.807) is 6.20 Å². The van der Waals surface area contributed by atoms with E-state index in [4.69, 9.17) is 11.6 Å². The fourth-order valence-electron chi connectivity index (χ4n) is 2.99. The minimum Gasteiger partial charge on any atom is -0.480 e. The molecule has 110 valence electrons.